The topological polar surface area (TPSA) is 130 Å². The number of carboxylic acid groups (broad SMARTS) is 1. The molecule has 0 atom stereocenters. The predicted octanol–water partition coefficient (Wildman–Crippen LogP) is 3.12. The van der Waals surface area contributed by atoms with E-state index in [-0.39, 0.29) is 29.5 Å². The van der Waals surface area contributed by atoms with Crippen LogP contribution in [0.4, 0.5) is 0 Å². The van der Waals surface area contributed by atoms with Crippen LogP contribution >= 0.6 is 11.6 Å². The normalized spacial score (nSPS) is 10.7. The van der Waals surface area contributed by atoms with E-state index < -0.39 is 11.9 Å². The highest BCUT2D eigenvalue weighted by molar-refractivity contribution is 6.33. The average Bonchev–Trinajstić information content (AvgIpc) is 3.27. The number of hydrogen-bond acceptors (Lipinski definition) is 6. The zero-order chi connectivity index (χ0) is 23.8. The maximum absolute atomic E-state index is 12.0. The van der Waals surface area contributed by atoms with Gasteiger partial charge in [-0.25, -0.2) is 10.2 Å². The predicted molar refractivity (Wildman–Crippen MR) is 122 cm³/mol. The van der Waals surface area contributed by atoms with Crippen LogP contribution in [0, 0.1) is 0 Å². The highest BCUT2D eigenvalue weighted by Crippen LogP contribution is 2.26. The van der Waals surface area contributed by atoms with E-state index in [0.29, 0.717) is 22.8 Å². The van der Waals surface area contributed by atoms with E-state index in [1.807, 2.05) is 0 Å². The molecule has 9 nitrogen and oxygen atoms in total. The second kappa shape index (κ2) is 11.0. The molecule has 2 aromatic carbocycles. The summed E-state index contributed by atoms with van der Waals surface area (Å²) >= 11 is 5.88. The Kier molecular flexibility index (Phi) is 7.82. The molecule has 0 unspecified atom stereocenters. The molecule has 1 heterocycles. The molecule has 3 N–H and O–H groups in total. The fourth-order valence-electron chi connectivity index (χ4n) is 2.80. The van der Waals surface area contributed by atoms with Gasteiger partial charge in [0.2, 0.25) is 5.91 Å². The molecule has 2 amide bonds. The molecule has 3 rings (SSSR count). The number of carbonyl (C=O) groups is 3. The Morgan fingerprint density at radius 1 is 1.09 bits per heavy atom. The molecule has 0 fully saturated rings. The van der Waals surface area contributed by atoms with Crippen molar-refractivity contribution in [3.8, 4) is 17.1 Å². The fourth-order valence-corrected chi connectivity index (χ4v) is 3.00. The summed E-state index contributed by atoms with van der Waals surface area (Å²) in [6.45, 7) is -0.238. The van der Waals surface area contributed by atoms with E-state index in [0.717, 1.165) is 5.56 Å². The molecular weight excluding hydrogens is 450 g/mol. The van der Waals surface area contributed by atoms with Crippen molar-refractivity contribution in [3.63, 3.8) is 0 Å². The number of halogens is 1. The van der Waals surface area contributed by atoms with Crippen LogP contribution in [-0.4, -0.2) is 42.8 Å². The minimum Gasteiger partial charge on any atom is -0.497 e. The maximum atomic E-state index is 12.0. The number of amides is 2. The van der Waals surface area contributed by atoms with Crippen LogP contribution in [0.2, 0.25) is 5.02 Å². The SMILES string of the molecule is COc1ccc(CC(=O)NCC(=O)N/N=C/c2ccc(-c3ccc(Cl)c(C(=O)O)c3)o2)cc1. The molecule has 0 saturated heterocycles. The minimum absolute atomic E-state index is 0.0397. The number of nitrogens with zero attached hydrogens (tertiary/aromatic N) is 1. The van der Waals surface area contributed by atoms with Crippen molar-refractivity contribution in [2.24, 2.45) is 5.10 Å². The number of furan rings is 1. The standard InChI is InChI=1S/C23H20ClN3O6/c1-32-16-5-2-14(3-6-16)10-21(28)25-13-22(29)27-26-12-17-7-9-20(33-17)15-4-8-19(24)18(11-15)23(30)31/h2-9,11-12H,10,13H2,1H3,(H,25,28)(H,27,29)(H,30,31)/b26-12+. The smallest absolute Gasteiger partial charge is 0.337 e. The molecule has 0 aliphatic heterocycles. The maximum Gasteiger partial charge on any atom is 0.337 e. The summed E-state index contributed by atoms with van der Waals surface area (Å²) in [6, 6.07) is 14.8. The van der Waals surface area contributed by atoms with Crippen molar-refractivity contribution < 1.29 is 28.6 Å². The van der Waals surface area contributed by atoms with E-state index in [1.54, 1.807) is 49.6 Å². The third-order valence-corrected chi connectivity index (χ3v) is 4.79. The molecule has 0 spiro atoms. The average molecular weight is 470 g/mol. The fraction of sp³-hybridized carbons (Fsp3) is 0.130. The first-order chi connectivity index (χ1) is 15.9. The number of carboxylic acids is 1. The Bertz CT molecular complexity index is 1190. The quantitative estimate of drug-likeness (QED) is 0.326. The van der Waals surface area contributed by atoms with Gasteiger partial charge in [0.1, 0.15) is 17.3 Å². The van der Waals surface area contributed by atoms with Gasteiger partial charge in [0.25, 0.3) is 5.91 Å². The van der Waals surface area contributed by atoms with Gasteiger partial charge in [0.15, 0.2) is 0 Å². The van der Waals surface area contributed by atoms with Gasteiger partial charge in [-0.1, -0.05) is 23.7 Å². The van der Waals surface area contributed by atoms with Crippen LogP contribution in [0.3, 0.4) is 0 Å². The lowest BCUT2D eigenvalue weighted by molar-refractivity contribution is -0.125. The number of aromatic carboxylic acids is 1. The molecule has 0 aliphatic carbocycles. The molecule has 10 heteroatoms. The molecule has 3 aromatic rings. The number of benzene rings is 2. The Morgan fingerprint density at radius 3 is 2.55 bits per heavy atom. The van der Waals surface area contributed by atoms with Crippen LogP contribution in [0.15, 0.2) is 64.1 Å². The van der Waals surface area contributed by atoms with Crippen LogP contribution in [0.25, 0.3) is 11.3 Å². The van der Waals surface area contributed by atoms with E-state index in [1.165, 1.54) is 18.3 Å². The minimum atomic E-state index is -1.14. The number of rotatable bonds is 9. The lowest BCUT2D eigenvalue weighted by atomic mass is 10.1. The number of ether oxygens (including phenoxy) is 1. The van der Waals surface area contributed by atoms with Crippen LogP contribution in [-0.2, 0) is 16.0 Å². The van der Waals surface area contributed by atoms with Gasteiger partial charge in [-0.05, 0) is 48.0 Å². The Hall–Kier alpha value is -4.11. The Balaban J connectivity index is 1.47. The third kappa shape index (κ3) is 6.68. The summed E-state index contributed by atoms with van der Waals surface area (Å²) in [5.74, 6) is -0.524. The molecule has 0 bridgehead atoms. The molecule has 0 radical (unpaired) electrons. The molecule has 170 valence electrons. The Morgan fingerprint density at radius 2 is 1.85 bits per heavy atom. The lowest BCUT2D eigenvalue weighted by Gasteiger charge is -2.05. The summed E-state index contributed by atoms with van der Waals surface area (Å²) in [5.41, 5.74) is 3.57. The van der Waals surface area contributed by atoms with Crippen LogP contribution in [0.5, 0.6) is 5.75 Å². The number of hydrazone groups is 1. The number of methoxy groups -OCH3 is 1. The van der Waals surface area contributed by atoms with Gasteiger partial charge in [-0.3, -0.25) is 9.59 Å². The summed E-state index contributed by atoms with van der Waals surface area (Å²) < 4.78 is 10.7. The largest absolute Gasteiger partial charge is 0.497 e. The third-order valence-electron chi connectivity index (χ3n) is 4.46. The van der Waals surface area contributed by atoms with Crippen molar-refractivity contribution in [1.29, 1.82) is 0 Å². The first-order valence-corrected chi connectivity index (χ1v) is 10.1. The lowest BCUT2D eigenvalue weighted by Crippen LogP contribution is -2.35. The second-order valence-electron chi connectivity index (χ2n) is 6.80. The highest BCUT2D eigenvalue weighted by atomic mass is 35.5. The van der Waals surface area contributed by atoms with E-state index in [9.17, 15) is 19.5 Å². The van der Waals surface area contributed by atoms with Gasteiger partial charge in [-0.2, -0.15) is 5.10 Å². The molecule has 0 saturated carbocycles. The zero-order valence-corrected chi connectivity index (χ0v) is 18.3. The van der Waals surface area contributed by atoms with E-state index in [4.69, 9.17) is 20.8 Å². The monoisotopic (exact) mass is 469 g/mol. The highest BCUT2D eigenvalue weighted by Gasteiger charge is 2.12. The van der Waals surface area contributed by atoms with Gasteiger partial charge in [0.05, 0.1) is 36.9 Å². The van der Waals surface area contributed by atoms with Gasteiger partial charge in [-0.15, -0.1) is 0 Å². The van der Waals surface area contributed by atoms with E-state index in [2.05, 4.69) is 15.8 Å². The Labute approximate surface area is 194 Å². The van der Waals surface area contributed by atoms with E-state index >= 15 is 0 Å². The first-order valence-electron chi connectivity index (χ1n) is 9.70. The summed E-state index contributed by atoms with van der Waals surface area (Å²) in [4.78, 5) is 35.1. The van der Waals surface area contributed by atoms with Gasteiger partial charge < -0.3 is 19.6 Å². The zero-order valence-electron chi connectivity index (χ0n) is 17.5. The van der Waals surface area contributed by atoms with Crippen LogP contribution in [0.1, 0.15) is 21.7 Å². The molecule has 1 aromatic heterocycles. The van der Waals surface area contributed by atoms with Crippen molar-refractivity contribution in [2.75, 3.05) is 13.7 Å². The number of carbonyl (C=O) groups excluding carboxylic acids is 2. The second-order valence-corrected chi connectivity index (χ2v) is 7.20. The van der Waals surface area contributed by atoms with Crippen molar-refractivity contribution in [2.45, 2.75) is 6.42 Å². The van der Waals surface area contributed by atoms with Crippen molar-refractivity contribution in [3.05, 3.63) is 76.5 Å². The van der Waals surface area contributed by atoms with Crippen molar-refractivity contribution in [1.82, 2.24) is 10.7 Å². The van der Waals surface area contributed by atoms with Gasteiger partial charge >= 0.3 is 5.97 Å². The molecular formula is C23H20ClN3O6. The number of nitrogens with one attached hydrogen (secondary N) is 2. The van der Waals surface area contributed by atoms with Crippen LogP contribution < -0.4 is 15.5 Å². The van der Waals surface area contributed by atoms with Gasteiger partial charge in [0, 0.05) is 5.56 Å². The first kappa shape index (κ1) is 23.6. The molecule has 33 heavy (non-hydrogen) atoms. The summed E-state index contributed by atoms with van der Waals surface area (Å²) in [6.07, 6.45) is 1.42. The summed E-state index contributed by atoms with van der Waals surface area (Å²) in [7, 11) is 1.56. The summed E-state index contributed by atoms with van der Waals surface area (Å²) in [5, 5.41) is 15.6. The number of hydrogen-bond donors (Lipinski definition) is 3. The molecule has 0 aliphatic rings. The van der Waals surface area contributed by atoms with Crippen molar-refractivity contribution >= 4 is 35.6 Å².